The van der Waals surface area contributed by atoms with Crippen LogP contribution in [0.1, 0.15) is 25.0 Å². The third-order valence-electron chi connectivity index (χ3n) is 5.59. The predicted octanol–water partition coefficient (Wildman–Crippen LogP) is 3.46. The van der Waals surface area contributed by atoms with E-state index in [1.165, 1.54) is 0 Å². The summed E-state index contributed by atoms with van der Waals surface area (Å²) >= 11 is 0. The molecule has 5 nitrogen and oxygen atoms in total. The highest BCUT2D eigenvalue weighted by atomic mass is 16.8. The summed E-state index contributed by atoms with van der Waals surface area (Å²) in [5.74, 6) is -0.644. The molecular weight excluding hydrogens is 356 g/mol. The van der Waals surface area contributed by atoms with E-state index in [0.717, 1.165) is 11.1 Å². The number of ether oxygens (including phenoxy) is 5. The lowest BCUT2D eigenvalue weighted by Gasteiger charge is -2.35. The predicted molar refractivity (Wildman–Crippen MR) is 103 cm³/mol. The van der Waals surface area contributed by atoms with Gasteiger partial charge in [-0.3, -0.25) is 0 Å². The fourth-order valence-corrected chi connectivity index (χ4v) is 4.28. The largest absolute Gasteiger partial charge is 0.368 e. The molecule has 148 valence electrons. The maximum atomic E-state index is 6.36. The van der Waals surface area contributed by atoms with E-state index in [-0.39, 0.29) is 36.6 Å². The van der Waals surface area contributed by atoms with Crippen LogP contribution in [0.4, 0.5) is 0 Å². The Morgan fingerprint density at radius 1 is 0.679 bits per heavy atom. The van der Waals surface area contributed by atoms with E-state index in [2.05, 4.69) is 24.3 Å². The normalized spacial score (nSPS) is 35.2. The molecule has 3 fully saturated rings. The average molecular weight is 382 g/mol. The van der Waals surface area contributed by atoms with E-state index in [1.807, 2.05) is 50.2 Å². The first-order valence-electron chi connectivity index (χ1n) is 9.93. The van der Waals surface area contributed by atoms with Crippen molar-refractivity contribution >= 4 is 0 Å². The van der Waals surface area contributed by atoms with E-state index in [0.29, 0.717) is 13.2 Å². The molecule has 0 radical (unpaired) electrons. The van der Waals surface area contributed by atoms with Crippen molar-refractivity contribution in [2.75, 3.05) is 0 Å². The van der Waals surface area contributed by atoms with Crippen LogP contribution < -0.4 is 0 Å². The smallest absolute Gasteiger partial charge is 0.164 e. The highest BCUT2D eigenvalue weighted by molar-refractivity contribution is 5.17. The lowest BCUT2D eigenvalue weighted by molar-refractivity contribution is -0.181. The lowest BCUT2D eigenvalue weighted by Crippen LogP contribution is -2.54. The van der Waals surface area contributed by atoms with Crippen LogP contribution in [0.5, 0.6) is 0 Å². The molecule has 2 heterocycles. The molecule has 6 atom stereocenters. The Morgan fingerprint density at radius 3 is 1.75 bits per heavy atom. The van der Waals surface area contributed by atoms with E-state index < -0.39 is 5.79 Å². The zero-order valence-corrected chi connectivity index (χ0v) is 16.2. The second-order valence-corrected chi connectivity index (χ2v) is 8.15. The lowest BCUT2D eigenvalue weighted by atomic mass is 9.89. The SMILES string of the molecule is CC1(C)O[C@@H]2[C@@H](OCc3ccccc3)[C@H](OCc3ccccc3)[C@H]3O[C@H]3[C@@H]2O1. The molecule has 5 heteroatoms. The van der Waals surface area contributed by atoms with Gasteiger partial charge in [0.1, 0.15) is 36.6 Å². The van der Waals surface area contributed by atoms with Crippen molar-refractivity contribution in [1.29, 1.82) is 0 Å². The van der Waals surface area contributed by atoms with Crippen molar-refractivity contribution in [3.63, 3.8) is 0 Å². The maximum absolute atomic E-state index is 6.36. The van der Waals surface area contributed by atoms with Gasteiger partial charge < -0.3 is 23.7 Å². The van der Waals surface area contributed by atoms with Crippen LogP contribution >= 0.6 is 0 Å². The van der Waals surface area contributed by atoms with Gasteiger partial charge in [0.25, 0.3) is 0 Å². The molecule has 2 aromatic rings. The molecule has 3 aliphatic rings. The summed E-state index contributed by atoms with van der Waals surface area (Å²) in [6.45, 7) is 4.90. The van der Waals surface area contributed by atoms with Crippen LogP contribution in [0.25, 0.3) is 0 Å². The first-order chi connectivity index (χ1) is 13.6. The molecule has 1 saturated carbocycles. The minimum absolute atomic E-state index is 0.0109. The number of benzene rings is 2. The summed E-state index contributed by atoms with van der Waals surface area (Å²) in [4.78, 5) is 0. The molecular formula is C23H26O5. The van der Waals surface area contributed by atoms with Gasteiger partial charge in [-0.2, -0.15) is 0 Å². The summed E-state index contributed by atoms with van der Waals surface area (Å²) in [6, 6.07) is 20.3. The minimum Gasteiger partial charge on any atom is -0.368 e. The summed E-state index contributed by atoms with van der Waals surface area (Å²) in [6.07, 6.45) is -0.750. The average Bonchev–Trinajstić information content (AvgIpc) is 3.43. The van der Waals surface area contributed by atoms with Crippen LogP contribution in [0.2, 0.25) is 0 Å². The molecule has 2 aromatic carbocycles. The van der Waals surface area contributed by atoms with Gasteiger partial charge in [-0.1, -0.05) is 60.7 Å². The minimum atomic E-state index is -0.644. The Morgan fingerprint density at radius 2 is 1.18 bits per heavy atom. The van der Waals surface area contributed by atoms with Gasteiger partial charge in [-0.25, -0.2) is 0 Å². The summed E-state index contributed by atoms with van der Waals surface area (Å²) in [7, 11) is 0. The van der Waals surface area contributed by atoms with Crippen molar-refractivity contribution in [1.82, 2.24) is 0 Å². The maximum Gasteiger partial charge on any atom is 0.164 e. The standard InChI is InChI=1S/C23H26O5/c1-23(2)27-21-18(25-14-16-11-7-4-8-12-16)17(19-20(26-19)22(21)28-23)24-13-15-9-5-3-6-10-15/h3-12,17-22H,13-14H2,1-2H3/t17-,18-,19+,20+,21+,22-/m0/s1. The Balaban J connectivity index is 1.34. The van der Waals surface area contributed by atoms with Crippen LogP contribution in [0.3, 0.4) is 0 Å². The summed E-state index contributed by atoms with van der Waals surface area (Å²) < 4.78 is 31.0. The Bertz CT molecular complexity index is 793. The molecule has 2 saturated heterocycles. The van der Waals surface area contributed by atoms with Crippen LogP contribution in [-0.4, -0.2) is 42.4 Å². The Kier molecular flexibility index (Phi) is 4.73. The quantitative estimate of drug-likeness (QED) is 0.716. The first-order valence-corrected chi connectivity index (χ1v) is 9.93. The molecule has 1 aliphatic carbocycles. The van der Waals surface area contributed by atoms with Crippen molar-refractivity contribution in [2.45, 2.75) is 69.5 Å². The van der Waals surface area contributed by atoms with Gasteiger partial charge in [-0.15, -0.1) is 0 Å². The van der Waals surface area contributed by atoms with Crippen molar-refractivity contribution in [2.24, 2.45) is 0 Å². The van der Waals surface area contributed by atoms with Gasteiger partial charge >= 0.3 is 0 Å². The third kappa shape index (κ3) is 3.61. The van der Waals surface area contributed by atoms with E-state index in [1.54, 1.807) is 0 Å². The molecule has 0 spiro atoms. The number of epoxide rings is 1. The first kappa shape index (κ1) is 18.3. The molecule has 2 aliphatic heterocycles. The van der Waals surface area contributed by atoms with Crippen molar-refractivity contribution < 1.29 is 23.7 Å². The molecule has 0 bridgehead atoms. The monoisotopic (exact) mass is 382 g/mol. The second-order valence-electron chi connectivity index (χ2n) is 8.15. The molecule has 5 rings (SSSR count). The number of fused-ring (bicyclic) bond motifs is 3. The van der Waals surface area contributed by atoms with E-state index in [9.17, 15) is 0 Å². The van der Waals surface area contributed by atoms with Gasteiger partial charge in [0.15, 0.2) is 5.79 Å². The number of hydrogen-bond donors (Lipinski definition) is 0. The summed E-state index contributed by atoms with van der Waals surface area (Å²) in [5, 5.41) is 0. The molecule has 0 N–H and O–H groups in total. The van der Waals surface area contributed by atoms with E-state index >= 15 is 0 Å². The second kappa shape index (κ2) is 7.25. The van der Waals surface area contributed by atoms with Gasteiger partial charge in [0, 0.05) is 0 Å². The topological polar surface area (TPSA) is 49.5 Å². The number of rotatable bonds is 6. The van der Waals surface area contributed by atoms with Crippen molar-refractivity contribution in [3.8, 4) is 0 Å². The molecule has 0 aromatic heterocycles. The molecule has 28 heavy (non-hydrogen) atoms. The van der Waals surface area contributed by atoms with Crippen molar-refractivity contribution in [3.05, 3.63) is 71.8 Å². The van der Waals surface area contributed by atoms with Crippen LogP contribution in [0.15, 0.2) is 60.7 Å². The molecule has 0 unspecified atom stereocenters. The highest BCUT2D eigenvalue weighted by Gasteiger charge is 2.67. The number of hydrogen-bond acceptors (Lipinski definition) is 5. The zero-order valence-electron chi connectivity index (χ0n) is 16.2. The zero-order chi connectivity index (χ0) is 19.1. The van der Waals surface area contributed by atoms with E-state index in [4.69, 9.17) is 23.7 Å². The fraction of sp³-hybridized carbons (Fsp3) is 0.478. The van der Waals surface area contributed by atoms with Gasteiger partial charge in [0.05, 0.1) is 13.2 Å². The highest BCUT2D eigenvalue weighted by Crippen LogP contribution is 2.48. The fourth-order valence-electron chi connectivity index (χ4n) is 4.28. The van der Waals surface area contributed by atoms with Gasteiger partial charge in [0.2, 0.25) is 0 Å². The Hall–Kier alpha value is -1.76. The van der Waals surface area contributed by atoms with Crippen LogP contribution in [-0.2, 0) is 36.9 Å². The summed E-state index contributed by atoms with van der Waals surface area (Å²) in [5.41, 5.74) is 2.26. The Labute approximate surface area is 165 Å². The third-order valence-corrected chi connectivity index (χ3v) is 5.59. The van der Waals surface area contributed by atoms with Crippen LogP contribution in [0, 0.1) is 0 Å². The van der Waals surface area contributed by atoms with Gasteiger partial charge in [-0.05, 0) is 25.0 Å². The molecule has 0 amide bonds.